The van der Waals surface area contributed by atoms with Crippen LogP contribution in [0.5, 0.6) is 11.5 Å². The van der Waals surface area contributed by atoms with E-state index in [1.165, 1.54) is 5.56 Å². The number of nitrogens with one attached hydrogen (secondary N) is 1. The normalized spacial score (nSPS) is 10.5. The second kappa shape index (κ2) is 7.08. The number of ether oxygens (including phenoxy) is 1. The molecule has 1 N–H and O–H groups in total. The van der Waals surface area contributed by atoms with Crippen molar-refractivity contribution in [2.45, 2.75) is 13.5 Å². The standard InChI is InChI=1S/C15H15Br2NO/c1-2-18-10-11-3-8-15(14(17)9-11)19-13-6-4-12(16)5-7-13/h3-9,18H,2,10H2,1H3. The maximum absolute atomic E-state index is 5.84. The molecule has 0 amide bonds. The lowest BCUT2D eigenvalue weighted by Gasteiger charge is -2.10. The van der Waals surface area contributed by atoms with Gasteiger partial charge in [0, 0.05) is 11.0 Å². The first-order chi connectivity index (χ1) is 9.19. The summed E-state index contributed by atoms with van der Waals surface area (Å²) in [5, 5.41) is 3.30. The van der Waals surface area contributed by atoms with E-state index in [9.17, 15) is 0 Å². The van der Waals surface area contributed by atoms with Crippen LogP contribution < -0.4 is 10.1 Å². The molecule has 0 fully saturated rings. The van der Waals surface area contributed by atoms with Crippen molar-refractivity contribution in [3.8, 4) is 11.5 Å². The molecule has 0 unspecified atom stereocenters. The Labute approximate surface area is 130 Å². The molecule has 0 aliphatic heterocycles. The minimum atomic E-state index is 0.822. The molecule has 19 heavy (non-hydrogen) atoms. The van der Waals surface area contributed by atoms with E-state index in [0.717, 1.165) is 33.5 Å². The molecule has 4 heteroatoms. The molecule has 2 aromatic rings. The summed E-state index contributed by atoms with van der Waals surface area (Å²) in [7, 11) is 0. The van der Waals surface area contributed by atoms with Gasteiger partial charge in [0.25, 0.3) is 0 Å². The largest absolute Gasteiger partial charge is 0.456 e. The molecule has 0 aliphatic carbocycles. The van der Waals surface area contributed by atoms with Gasteiger partial charge in [0.1, 0.15) is 11.5 Å². The lowest BCUT2D eigenvalue weighted by molar-refractivity contribution is 0.479. The number of benzene rings is 2. The Kier molecular flexibility index (Phi) is 5.43. The van der Waals surface area contributed by atoms with Gasteiger partial charge in [0.05, 0.1) is 4.47 Å². The quantitative estimate of drug-likeness (QED) is 0.772. The van der Waals surface area contributed by atoms with Gasteiger partial charge in [0.2, 0.25) is 0 Å². The highest BCUT2D eigenvalue weighted by Crippen LogP contribution is 2.31. The summed E-state index contributed by atoms with van der Waals surface area (Å²) < 4.78 is 7.84. The molecule has 2 aromatic carbocycles. The fraction of sp³-hybridized carbons (Fsp3) is 0.200. The van der Waals surface area contributed by atoms with E-state index in [0.29, 0.717) is 0 Å². The fourth-order valence-electron chi connectivity index (χ4n) is 1.64. The Bertz CT molecular complexity index is 540. The molecule has 100 valence electrons. The molecule has 0 aliphatic rings. The predicted octanol–water partition coefficient (Wildman–Crippen LogP) is 5.11. The van der Waals surface area contributed by atoms with Crippen LogP contribution in [0.2, 0.25) is 0 Å². The van der Waals surface area contributed by atoms with Gasteiger partial charge in [-0.3, -0.25) is 0 Å². The van der Waals surface area contributed by atoms with Crippen LogP contribution in [0, 0.1) is 0 Å². The SMILES string of the molecule is CCNCc1ccc(Oc2ccc(Br)cc2)c(Br)c1. The number of hydrogen-bond acceptors (Lipinski definition) is 2. The van der Waals surface area contributed by atoms with Crippen LogP contribution in [0.1, 0.15) is 12.5 Å². The van der Waals surface area contributed by atoms with E-state index >= 15 is 0 Å². The van der Waals surface area contributed by atoms with Gasteiger partial charge in [-0.05, 0) is 64.4 Å². The third-order valence-corrected chi connectivity index (χ3v) is 3.77. The molecule has 0 atom stereocenters. The third kappa shape index (κ3) is 4.34. The fourth-order valence-corrected chi connectivity index (χ4v) is 2.41. The van der Waals surface area contributed by atoms with Crippen molar-refractivity contribution >= 4 is 31.9 Å². The summed E-state index contributed by atoms with van der Waals surface area (Å²) >= 11 is 6.96. The van der Waals surface area contributed by atoms with Gasteiger partial charge >= 0.3 is 0 Å². The van der Waals surface area contributed by atoms with Crippen molar-refractivity contribution in [2.75, 3.05) is 6.54 Å². The van der Waals surface area contributed by atoms with Gasteiger partial charge < -0.3 is 10.1 Å². The van der Waals surface area contributed by atoms with E-state index in [1.54, 1.807) is 0 Å². The zero-order valence-corrected chi connectivity index (χ0v) is 13.8. The molecule has 0 saturated heterocycles. The molecule has 0 aromatic heterocycles. The maximum Gasteiger partial charge on any atom is 0.141 e. The Morgan fingerprint density at radius 1 is 1.05 bits per heavy atom. The van der Waals surface area contributed by atoms with E-state index < -0.39 is 0 Å². The van der Waals surface area contributed by atoms with Crippen molar-refractivity contribution in [3.63, 3.8) is 0 Å². The van der Waals surface area contributed by atoms with Gasteiger partial charge in [-0.15, -0.1) is 0 Å². The Balaban J connectivity index is 2.10. The molecule has 2 rings (SSSR count). The average Bonchev–Trinajstić information content (AvgIpc) is 2.41. The van der Waals surface area contributed by atoms with Crippen molar-refractivity contribution in [3.05, 3.63) is 57.0 Å². The van der Waals surface area contributed by atoms with Crippen LogP contribution in [0.3, 0.4) is 0 Å². The first-order valence-corrected chi connectivity index (χ1v) is 7.70. The summed E-state index contributed by atoms with van der Waals surface area (Å²) in [6.45, 7) is 3.93. The van der Waals surface area contributed by atoms with Crippen molar-refractivity contribution in [1.82, 2.24) is 5.32 Å². The lowest BCUT2D eigenvalue weighted by Crippen LogP contribution is -2.11. The van der Waals surface area contributed by atoms with Gasteiger partial charge in [-0.25, -0.2) is 0 Å². The predicted molar refractivity (Wildman–Crippen MR) is 85.7 cm³/mol. The molecule has 0 radical (unpaired) electrons. The van der Waals surface area contributed by atoms with E-state index in [2.05, 4.69) is 56.2 Å². The van der Waals surface area contributed by atoms with Crippen molar-refractivity contribution in [1.29, 1.82) is 0 Å². The summed E-state index contributed by atoms with van der Waals surface area (Å²) in [6, 6.07) is 13.9. The van der Waals surface area contributed by atoms with Crippen LogP contribution in [0.4, 0.5) is 0 Å². The Morgan fingerprint density at radius 2 is 1.79 bits per heavy atom. The van der Waals surface area contributed by atoms with Crippen LogP contribution in [-0.4, -0.2) is 6.54 Å². The molecule has 0 saturated carbocycles. The van der Waals surface area contributed by atoms with Gasteiger partial charge in [-0.2, -0.15) is 0 Å². The molecular formula is C15H15Br2NO. The van der Waals surface area contributed by atoms with Crippen LogP contribution in [-0.2, 0) is 6.54 Å². The third-order valence-electron chi connectivity index (χ3n) is 2.62. The highest BCUT2D eigenvalue weighted by Gasteiger charge is 2.04. The molecular weight excluding hydrogens is 370 g/mol. The molecule has 2 nitrogen and oxygen atoms in total. The van der Waals surface area contributed by atoms with E-state index in [-0.39, 0.29) is 0 Å². The zero-order chi connectivity index (χ0) is 13.7. The minimum Gasteiger partial charge on any atom is -0.456 e. The van der Waals surface area contributed by atoms with E-state index in [4.69, 9.17) is 4.74 Å². The topological polar surface area (TPSA) is 21.3 Å². The number of halogens is 2. The summed E-state index contributed by atoms with van der Waals surface area (Å²) in [5.74, 6) is 1.64. The molecule has 0 spiro atoms. The van der Waals surface area contributed by atoms with Crippen molar-refractivity contribution in [2.24, 2.45) is 0 Å². The molecule has 0 bridgehead atoms. The second-order valence-corrected chi connectivity index (χ2v) is 5.87. The Morgan fingerprint density at radius 3 is 2.42 bits per heavy atom. The number of rotatable bonds is 5. The smallest absolute Gasteiger partial charge is 0.141 e. The highest BCUT2D eigenvalue weighted by molar-refractivity contribution is 9.10. The maximum atomic E-state index is 5.84. The van der Waals surface area contributed by atoms with E-state index in [1.807, 2.05) is 30.3 Å². The first-order valence-electron chi connectivity index (χ1n) is 6.11. The minimum absolute atomic E-state index is 0.822. The van der Waals surface area contributed by atoms with Crippen LogP contribution in [0.25, 0.3) is 0 Å². The Hall–Kier alpha value is -0.840. The lowest BCUT2D eigenvalue weighted by atomic mass is 10.2. The monoisotopic (exact) mass is 383 g/mol. The van der Waals surface area contributed by atoms with Crippen molar-refractivity contribution < 1.29 is 4.74 Å². The van der Waals surface area contributed by atoms with Crippen LogP contribution in [0.15, 0.2) is 51.4 Å². The number of hydrogen-bond donors (Lipinski definition) is 1. The average molecular weight is 385 g/mol. The molecule has 0 heterocycles. The summed E-state index contributed by atoms with van der Waals surface area (Å²) in [5.41, 5.74) is 1.23. The summed E-state index contributed by atoms with van der Waals surface area (Å²) in [6.07, 6.45) is 0. The van der Waals surface area contributed by atoms with Crippen LogP contribution >= 0.6 is 31.9 Å². The first kappa shape index (κ1) is 14.6. The van der Waals surface area contributed by atoms with Gasteiger partial charge in [-0.1, -0.05) is 28.9 Å². The zero-order valence-electron chi connectivity index (χ0n) is 10.6. The van der Waals surface area contributed by atoms with Gasteiger partial charge in [0.15, 0.2) is 0 Å². The highest BCUT2D eigenvalue weighted by atomic mass is 79.9. The summed E-state index contributed by atoms with van der Waals surface area (Å²) in [4.78, 5) is 0. The second-order valence-electron chi connectivity index (χ2n) is 4.10.